The van der Waals surface area contributed by atoms with Crippen LogP contribution in [0.15, 0.2) is 89.7 Å². The van der Waals surface area contributed by atoms with E-state index in [2.05, 4.69) is 42.1 Å². The first-order valence-electron chi connectivity index (χ1n) is 9.91. The van der Waals surface area contributed by atoms with Gasteiger partial charge in [0.1, 0.15) is 17.8 Å². The van der Waals surface area contributed by atoms with Crippen molar-refractivity contribution in [1.29, 1.82) is 0 Å². The van der Waals surface area contributed by atoms with Crippen molar-refractivity contribution in [2.24, 2.45) is 0 Å². The van der Waals surface area contributed by atoms with E-state index < -0.39 is 16.5 Å². The van der Waals surface area contributed by atoms with Crippen LogP contribution in [0.2, 0.25) is 0 Å². The van der Waals surface area contributed by atoms with Crippen LogP contribution in [-0.2, 0) is 0 Å². The number of nitrogens with zero attached hydrogens (tertiary/aromatic N) is 3. The summed E-state index contributed by atoms with van der Waals surface area (Å²) < 4.78 is 6.57. The molecule has 4 aromatic rings. The molecule has 10 nitrogen and oxygen atoms in total. The molecule has 1 heterocycles. The van der Waals surface area contributed by atoms with Crippen LogP contribution in [0, 0.1) is 10.1 Å². The number of amides is 1. The van der Waals surface area contributed by atoms with E-state index in [1.54, 1.807) is 48.5 Å². The Kier molecular flexibility index (Phi) is 6.94. The lowest BCUT2D eigenvalue weighted by Crippen LogP contribution is -2.30. The molecule has 0 atom stereocenters. The highest BCUT2D eigenvalue weighted by Gasteiger charge is 2.23. The molecule has 4 rings (SSSR count). The second-order valence-electron chi connectivity index (χ2n) is 6.83. The van der Waals surface area contributed by atoms with E-state index in [-0.39, 0.29) is 11.6 Å². The van der Waals surface area contributed by atoms with Gasteiger partial charge < -0.3 is 10.1 Å². The molecular weight excluding hydrogens is 504 g/mol. The number of aromatic nitrogens is 2. The van der Waals surface area contributed by atoms with Gasteiger partial charge in [0.05, 0.1) is 4.92 Å². The number of anilines is 3. The third-order valence-corrected chi connectivity index (χ3v) is 5.03. The molecule has 0 unspecified atom stereocenters. The topological polar surface area (TPSA) is 131 Å². The summed E-state index contributed by atoms with van der Waals surface area (Å²) in [6.45, 7) is 0. The normalized spacial score (nSPS) is 10.3. The monoisotopic (exact) mass is 520 g/mol. The van der Waals surface area contributed by atoms with Crippen LogP contribution >= 0.6 is 15.9 Å². The summed E-state index contributed by atoms with van der Waals surface area (Å²) in [7, 11) is 0. The van der Waals surface area contributed by atoms with Gasteiger partial charge in [-0.3, -0.25) is 25.8 Å². The minimum atomic E-state index is -0.636. The van der Waals surface area contributed by atoms with Crippen LogP contribution in [0.4, 0.5) is 23.0 Å². The molecule has 3 aromatic carbocycles. The molecular formula is C23H17BrN6O4. The van der Waals surface area contributed by atoms with Crippen LogP contribution in [0.25, 0.3) is 0 Å². The molecule has 3 N–H and O–H groups in total. The highest BCUT2D eigenvalue weighted by molar-refractivity contribution is 9.10. The zero-order valence-electron chi connectivity index (χ0n) is 17.4. The fourth-order valence-corrected chi connectivity index (χ4v) is 3.16. The number of hydrogen-bond donors (Lipinski definition) is 3. The SMILES string of the molecule is O=C(NNc1ncnc(Nc2ccc(Oc3ccccc3)cc2)c1[N+](=O)[O-])c1ccc(Br)cc1. The van der Waals surface area contributed by atoms with E-state index in [4.69, 9.17) is 4.74 Å². The van der Waals surface area contributed by atoms with E-state index >= 15 is 0 Å². The molecule has 0 radical (unpaired) electrons. The Bertz CT molecular complexity index is 1300. The fourth-order valence-electron chi connectivity index (χ4n) is 2.89. The Labute approximate surface area is 202 Å². The fraction of sp³-hybridized carbons (Fsp3) is 0. The number of carbonyl (C=O) groups is 1. The third kappa shape index (κ3) is 5.64. The lowest BCUT2D eigenvalue weighted by Gasteiger charge is -2.11. The highest BCUT2D eigenvalue weighted by atomic mass is 79.9. The smallest absolute Gasteiger partial charge is 0.355 e. The maximum atomic E-state index is 12.3. The Hall–Kier alpha value is -4.51. The van der Waals surface area contributed by atoms with Gasteiger partial charge in [-0.1, -0.05) is 34.1 Å². The molecule has 0 fully saturated rings. The maximum Gasteiger partial charge on any atom is 0.355 e. The molecule has 0 saturated heterocycles. The summed E-state index contributed by atoms with van der Waals surface area (Å²) >= 11 is 3.30. The van der Waals surface area contributed by atoms with Crippen LogP contribution in [0.1, 0.15) is 10.4 Å². The number of nitrogens with one attached hydrogen (secondary N) is 3. The molecule has 0 saturated carbocycles. The van der Waals surface area contributed by atoms with Crippen molar-refractivity contribution in [2.75, 3.05) is 10.7 Å². The van der Waals surface area contributed by atoms with Gasteiger partial charge in [0, 0.05) is 15.7 Å². The van der Waals surface area contributed by atoms with Crippen molar-refractivity contribution < 1.29 is 14.5 Å². The van der Waals surface area contributed by atoms with E-state index in [1.165, 1.54) is 0 Å². The first-order valence-corrected chi connectivity index (χ1v) is 10.7. The predicted octanol–water partition coefficient (Wildman–Crippen LogP) is 5.44. The minimum absolute atomic E-state index is 0.0443. The van der Waals surface area contributed by atoms with Crippen molar-refractivity contribution in [3.63, 3.8) is 0 Å². The Balaban J connectivity index is 1.48. The zero-order chi connectivity index (χ0) is 23.9. The van der Waals surface area contributed by atoms with Crippen molar-refractivity contribution in [1.82, 2.24) is 15.4 Å². The lowest BCUT2D eigenvalue weighted by atomic mass is 10.2. The summed E-state index contributed by atoms with van der Waals surface area (Å²) in [5, 5.41) is 14.7. The van der Waals surface area contributed by atoms with E-state index in [9.17, 15) is 14.9 Å². The van der Waals surface area contributed by atoms with Crippen molar-refractivity contribution >= 4 is 44.8 Å². The van der Waals surface area contributed by atoms with Gasteiger partial charge in [-0.05, 0) is 60.7 Å². The molecule has 0 aliphatic heterocycles. The molecule has 170 valence electrons. The third-order valence-electron chi connectivity index (χ3n) is 4.50. The van der Waals surface area contributed by atoms with Gasteiger partial charge in [-0.2, -0.15) is 0 Å². The number of rotatable bonds is 8. The van der Waals surface area contributed by atoms with E-state index in [0.717, 1.165) is 10.8 Å². The van der Waals surface area contributed by atoms with Crippen LogP contribution < -0.4 is 20.9 Å². The second kappa shape index (κ2) is 10.4. The van der Waals surface area contributed by atoms with Gasteiger partial charge in [-0.15, -0.1) is 0 Å². The van der Waals surface area contributed by atoms with Gasteiger partial charge >= 0.3 is 5.69 Å². The Morgan fingerprint density at radius 1 is 0.882 bits per heavy atom. The number of halogens is 1. The molecule has 34 heavy (non-hydrogen) atoms. The van der Waals surface area contributed by atoms with Crippen molar-refractivity contribution in [3.05, 3.63) is 105 Å². The molecule has 0 bridgehead atoms. The number of ether oxygens (including phenoxy) is 1. The second-order valence-corrected chi connectivity index (χ2v) is 7.74. The van der Waals surface area contributed by atoms with Gasteiger partial charge in [0.2, 0.25) is 11.6 Å². The zero-order valence-corrected chi connectivity index (χ0v) is 19.0. The summed E-state index contributed by atoms with van der Waals surface area (Å²) in [6, 6.07) is 22.8. The number of hydrazine groups is 1. The van der Waals surface area contributed by atoms with Crippen LogP contribution in [0.5, 0.6) is 11.5 Å². The molecule has 1 amide bonds. The largest absolute Gasteiger partial charge is 0.457 e. The van der Waals surface area contributed by atoms with E-state index in [0.29, 0.717) is 22.7 Å². The number of hydrogen-bond acceptors (Lipinski definition) is 8. The number of carbonyl (C=O) groups excluding carboxylic acids is 1. The standard InChI is InChI=1S/C23H17BrN6O4/c24-16-8-6-15(7-9-16)23(31)29-28-22-20(30(32)33)21(25-14-26-22)27-17-10-12-19(13-11-17)34-18-4-2-1-3-5-18/h1-14H,(H,29,31)(H2,25,26,27,28). The van der Waals surface area contributed by atoms with Crippen molar-refractivity contribution in [3.8, 4) is 11.5 Å². The highest BCUT2D eigenvalue weighted by Crippen LogP contribution is 2.31. The maximum absolute atomic E-state index is 12.3. The number of nitro groups is 1. The lowest BCUT2D eigenvalue weighted by molar-refractivity contribution is -0.383. The van der Waals surface area contributed by atoms with Crippen molar-refractivity contribution in [2.45, 2.75) is 0 Å². The summed E-state index contributed by atoms with van der Waals surface area (Å²) in [5.41, 5.74) is 5.40. The molecule has 0 aliphatic carbocycles. The predicted molar refractivity (Wildman–Crippen MR) is 130 cm³/mol. The van der Waals surface area contributed by atoms with E-state index in [1.807, 2.05) is 30.3 Å². The first kappa shape index (κ1) is 22.7. The van der Waals surface area contributed by atoms with Crippen LogP contribution in [0.3, 0.4) is 0 Å². The summed E-state index contributed by atoms with van der Waals surface area (Å²) in [5.74, 6) is 0.598. The average molecular weight is 521 g/mol. The molecule has 1 aromatic heterocycles. The van der Waals surface area contributed by atoms with Crippen LogP contribution in [-0.4, -0.2) is 20.8 Å². The van der Waals surface area contributed by atoms with Gasteiger partial charge in [0.25, 0.3) is 5.91 Å². The number of para-hydroxylation sites is 1. The summed E-state index contributed by atoms with van der Waals surface area (Å²) in [6.07, 6.45) is 1.15. The number of benzene rings is 3. The molecule has 0 spiro atoms. The molecule has 0 aliphatic rings. The van der Waals surface area contributed by atoms with Gasteiger partial charge in [0.15, 0.2) is 0 Å². The Morgan fingerprint density at radius 3 is 2.21 bits per heavy atom. The first-order chi connectivity index (χ1) is 16.5. The Morgan fingerprint density at radius 2 is 1.53 bits per heavy atom. The average Bonchev–Trinajstić information content (AvgIpc) is 2.85. The van der Waals surface area contributed by atoms with Gasteiger partial charge in [-0.25, -0.2) is 9.97 Å². The molecule has 11 heteroatoms. The minimum Gasteiger partial charge on any atom is -0.457 e. The quantitative estimate of drug-likeness (QED) is 0.206. The summed E-state index contributed by atoms with van der Waals surface area (Å²) in [4.78, 5) is 31.3.